The van der Waals surface area contributed by atoms with Crippen LogP contribution in [0.1, 0.15) is 24.5 Å². The molecule has 2 nitrogen and oxygen atoms in total. The van der Waals surface area contributed by atoms with E-state index >= 15 is 0 Å². The molecule has 84 valence electrons. The number of fused-ring (bicyclic) bond motifs is 1. The van der Waals surface area contributed by atoms with Gasteiger partial charge in [-0.3, -0.25) is 0 Å². The Labute approximate surface area is 104 Å². The fourth-order valence-electron chi connectivity index (χ4n) is 2.71. The van der Waals surface area contributed by atoms with Gasteiger partial charge in [0, 0.05) is 17.8 Å². The molecule has 0 saturated carbocycles. The van der Waals surface area contributed by atoms with Crippen LogP contribution in [0, 0.1) is 0 Å². The van der Waals surface area contributed by atoms with E-state index in [1.807, 2.05) is 6.92 Å². The van der Waals surface area contributed by atoms with Gasteiger partial charge in [0.05, 0.1) is 0 Å². The van der Waals surface area contributed by atoms with Crippen LogP contribution in [-0.4, -0.2) is 18.0 Å². The van der Waals surface area contributed by atoms with Crippen LogP contribution < -0.4 is 0 Å². The number of ether oxygens (including phenoxy) is 1. The van der Waals surface area contributed by atoms with Gasteiger partial charge in [-0.25, -0.2) is 4.99 Å². The summed E-state index contributed by atoms with van der Waals surface area (Å²) in [6.45, 7) is 2.70. The van der Waals surface area contributed by atoms with E-state index in [1.165, 1.54) is 15.6 Å². The van der Waals surface area contributed by atoms with Gasteiger partial charge in [-0.05, 0) is 30.0 Å². The van der Waals surface area contributed by atoms with E-state index in [9.17, 15) is 0 Å². The van der Waals surface area contributed by atoms with Crippen LogP contribution in [0.15, 0.2) is 27.7 Å². The first-order valence-electron chi connectivity index (χ1n) is 5.64. The quantitative estimate of drug-likeness (QED) is 0.715. The summed E-state index contributed by atoms with van der Waals surface area (Å²) in [5.74, 6) is 0.846. The first-order valence-corrected chi connectivity index (χ1v) is 6.43. The Morgan fingerprint density at radius 2 is 2.31 bits per heavy atom. The number of rotatable bonds is 0. The molecule has 16 heavy (non-hydrogen) atoms. The van der Waals surface area contributed by atoms with E-state index in [1.54, 1.807) is 0 Å². The largest absolute Gasteiger partial charge is 0.479 e. The summed E-state index contributed by atoms with van der Waals surface area (Å²) in [4.78, 5) is 4.69. The predicted octanol–water partition coefficient (Wildman–Crippen LogP) is 3.13. The Morgan fingerprint density at radius 1 is 1.44 bits per heavy atom. The van der Waals surface area contributed by atoms with Gasteiger partial charge in [-0.1, -0.05) is 28.1 Å². The second-order valence-electron chi connectivity index (χ2n) is 4.70. The summed E-state index contributed by atoms with van der Waals surface area (Å²) < 4.78 is 6.77. The zero-order chi connectivity index (χ0) is 11.2. The second kappa shape index (κ2) is 3.59. The number of hydrogen-bond donors (Lipinski definition) is 0. The smallest absolute Gasteiger partial charge is 0.180 e. The van der Waals surface area contributed by atoms with E-state index in [4.69, 9.17) is 4.74 Å². The van der Waals surface area contributed by atoms with Gasteiger partial charge >= 0.3 is 0 Å². The van der Waals surface area contributed by atoms with Crippen LogP contribution in [0.4, 0.5) is 0 Å². The number of aliphatic imine (C=N–C) groups is 1. The van der Waals surface area contributed by atoms with Crippen LogP contribution in [0.3, 0.4) is 0 Å². The lowest BCUT2D eigenvalue weighted by Crippen LogP contribution is -2.35. The normalized spacial score (nSPS) is 27.5. The third kappa shape index (κ3) is 1.58. The van der Waals surface area contributed by atoms with Crippen molar-refractivity contribution in [2.75, 3.05) is 6.61 Å². The maximum absolute atomic E-state index is 5.53. The predicted molar refractivity (Wildman–Crippen MR) is 68.0 cm³/mol. The summed E-state index contributed by atoms with van der Waals surface area (Å²) in [6.07, 6.45) is 3.20. The Bertz CT molecular complexity index is 469. The molecule has 1 heterocycles. The average Bonchev–Trinajstić information content (AvgIpc) is 2.60. The fourth-order valence-corrected chi connectivity index (χ4v) is 3.31. The van der Waals surface area contributed by atoms with Gasteiger partial charge < -0.3 is 4.74 Å². The van der Waals surface area contributed by atoms with E-state index in [0.717, 1.165) is 31.8 Å². The first-order chi connectivity index (χ1) is 7.69. The monoisotopic (exact) mass is 279 g/mol. The topological polar surface area (TPSA) is 21.6 Å². The molecule has 1 aromatic carbocycles. The summed E-state index contributed by atoms with van der Waals surface area (Å²) >= 11 is 3.62. The maximum atomic E-state index is 5.53. The molecule has 0 radical (unpaired) electrons. The van der Waals surface area contributed by atoms with Crippen LogP contribution >= 0.6 is 15.9 Å². The first kappa shape index (κ1) is 10.3. The molecule has 0 amide bonds. The summed E-state index contributed by atoms with van der Waals surface area (Å²) in [5, 5.41) is 0. The molecular formula is C13H14BrNO. The van der Waals surface area contributed by atoms with Gasteiger partial charge in [-0.2, -0.15) is 0 Å². The standard InChI is InChI=1S/C13H14BrNO/c1-9-15-13(8-16-9)6-5-11-10(7-13)3-2-4-12(11)14/h2-4H,5-8H2,1H3/t13-/m0/s1. The lowest BCUT2D eigenvalue weighted by atomic mass is 9.79. The van der Waals surface area contributed by atoms with Crippen molar-refractivity contribution in [3.63, 3.8) is 0 Å². The zero-order valence-corrected chi connectivity index (χ0v) is 10.9. The van der Waals surface area contributed by atoms with Crippen molar-refractivity contribution in [1.82, 2.24) is 0 Å². The molecule has 0 aromatic heterocycles. The maximum Gasteiger partial charge on any atom is 0.180 e. The van der Waals surface area contributed by atoms with E-state index in [0.29, 0.717) is 0 Å². The number of benzene rings is 1. The molecule has 0 bridgehead atoms. The molecule has 3 rings (SSSR count). The molecule has 1 spiro atoms. The van der Waals surface area contributed by atoms with Gasteiger partial charge in [0.15, 0.2) is 5.90 Å². The second-order valence-corrected chi connectivity index (χ2v) is 5.55. The Kier molecular flexibility index (Phi) is 2.32. The van der Waals surface area contributed by atoms with Crippen LogP contribution in [-0.2, 0) is 17.6 Å². The summed E-state index contributed by atoms with van der Waals surface area (Å²) in [5.41, 5.74) is 2.90. The summed E-state index contributed by atoms with van der Waals surface area (Å²) in [7, 11) is 0. The van der Waals surface area contributed by atoms with Crippen molar-refractivity contribution in [2.24, 2.45) is 4.99 Å². The van der Waals surface area contributed by atoms with Crippen molar-refractivity contribution in [3.05, 3.63) is 33.8 Å². The minimum atomic E-state index is 0.0257. The third-order valence-corrected chi connectivity index (χ3v) is 4.26. The Balaban J connectivity index is 1.98. The fraction of sp³-hybridized carbons (Fsp3) is 0.462. The highest BCUT2D eigenvalue weighted by Gasteiger charge is 2.39. The van der Waals surface area contributed by atoms with Crippen molar-refractivity contribution < 1.29 is 4.74 Å². The lowest BCUT2D eigenvalue weighted by Gasteiger charge is -2.30. The minimum Gasteiger partial charge on any atom is -0.479 e. The molecule has 0 fully saturated rings. The number of hydrogen-bond acceptors (Lipinski definition) is 2. The molecular weight excluding hydrogens is 266 g/mol. The molecule has 1 aliphatic heterocycles. The molecule has 1 aliphatic carbocycles. The Hall–Kier alpha value is -0.830. The molecule has 3 heteroatoms. The van der Waals surface area contributed by atoms with Gasteiger partial charge in [0.25, 0.3) is 0 Å². The van der Waals surface area contributed by atoms with Gasteiger partial charge in [0.1, 0.15) is 12.1 Å². The summed E-state index contributed by atoms with van der Waals surface area (Å²) in [6, 6.07) is 6.44. The molecule has 0 unspecified atom stereocenters. The van der Waals surface area contributed by atoms with Crippen molar-refractivity contribution in [3.8, 4) is 0 Å². The number of halogens is 1. The lowest BCUT2D eigenvalue weighted by molar-refractivity contribution is 0.235. The van der Waals surface area contributed by atoms with Crippen molar-refractivity contribution in [2.45, 2.75) is 31.7 Å². The molecule has 1 aromatic rings. The highest BCUT2D eigenvalue weighted by atomic mass is 79.9. The molecule has 0 saturated heterocycles. The SMILES string of the molecule is CC1=N[C@]2(CCc3c(Br)cccc3C2)CO1. The molecule has 0 N–H and O–H groups in total. The van der Waals surface area contributed by atoms with E-state index in [2.05, 4.69) is 39.1 Å². The number of nitrogens with zero attached hydrogens (tertiary/aromatic N) is 1. The van der Waals surface area contributed by atoms with Gasteiger partial charge in [-0.15, -0.1) is 0 Å². The highest BCUT2D eigenvalue weighted by molar-refractivity contribution is 9.10. The van der Waals surface area contributed by atoms with E-state index < -0.39 is 0 Å². The van der Waals surface area contributed by atoms with Crippen molar-refractivity contribution >= 4 is 21.8 Å². The van der Waals surface area contributed by atoms with Crippen LogP contribution in [0.5, 0.6) is 0 Å². The molecule has 1 atom stereocenters. The van der Waals surface area contributed by atoms with Crippen molar-refractivity contribution in [1.29, 1.82) is 0 Å². The molecule has 2 aliphatic rings. The zero-order valence-electron chi connectivity index (χ0n) is 9.29. The highest BCUT2D eigenvalue weighted by Crippen LogP contribution is 2.37. The average molecular weight is 280 g/mol. The van der Waals surface area contributed by atoms with E-state index in [-0.39, 0.29) is 5.54 Å². The van der Waals surface area contributed by atoms with Crippen LogP contribution in [0.25, 0.3) is 0 Å². The Morgan fingerprint density at radius 3 is 3.06 bits per heavy atom. The van der Waals surface area contributed by atoms with Crippen LogP contribution in [0.2, 0.25) is 0 Å². The van der Waals surface area contributed by atoms with Gasteiger partial charge in [0.2, 0.25) is 0 Å². The third-order valence-electron chi connectivity index (χ3n) is 3.52. The minimum absolute atomic E-state index is 0.0257.